The number of rotatable bonds is 7. The third-order valence-corrected chi connectivity index (χ3v) is 4.64. The lowest BCUT2D eigenvalue weighted by molar-refractivity contribution is 0.172. The van der Waals surface area contributed by atoms with Crippen LogP contribution >= 0.6 is 12.4 Å². The molecule has 0 radical (unpaired) electrons. The number of fused-ring (bicyclic) bond motifs is 3. The molecule has 1 heterocycles. The average Bonchev–Trinajstić information content (AvgIpc) is 3.06. The average molecular weight is 399 g/mol. The number of phenols is 1. The Labute approximate surface area is 169 Å². The minimum Gasteiger partial charge on any atom is -0.508 e. The Balaban J connectivity index is 0.00000225. The summed E-state index contributed by atoms with van der Waals surface area (Å²) in [5.41, 5.74) is 2.95. The molecule has 0 saturated carbocycles. The third-order valence-electron chi connectivity index (χ3n) is 4.64. The van der Waals surface area contributed by atoms with Gasteiger partial charge in [0.05, 0.1) is 11.6 Å². The fourth-order valence-corrected chi connectivity index (χ4v) is 3.22. The Hall–Kier alpha value is -2.73. The summed E-state index contributed by atoms with van der Waals surface area (Å²) in [5, 5.41) is 25.0. The maximum atomic E-state index is 10.1. The van der Waals surface area contributed by atoms with E-state index in [2.05, 4.69) is 28.5 Å². The second-order valence-corrected chi connectivity index (χ2v) is 6.54. The highest BCUT2D eigenvalue weighted by molar-refractivity contribution is 6.07. The van der Waals surface area contributed by atoms with Crippen molar-refractivity contribution in [2.75, 3.05) is 19.7 Å². The Morgan fingerprint density at radius 3 is 2.50 bits per heavy atom. The summed E-state index contributed by atoms with van der Waals surface area (Å²) < 4.78 is 5.82. The van der Waals surface area contributed by atoms with Crippen LogP contribution in [0.25, 0.3) is 21.8 Å². The van der Waals surface area contributed by atoms with E-state index < -0.39 is 6.10 Å². The van der Waals surface area contributed by atoms with Gasteiger partial charge in [0.1, 0.15) is 18.1 Å². The number of nitrogens with one attached hydrogen (secondary N) is 2. The lowest BCUT2D eigenvalue weighted by Crippen LogP contribution is -2.26. The van der Waals surface area contributed by atoms with Crippen LogP contribution in [0.1, 0.15) is 11.7 Å². The normalized spacial score (nSPS) is 12.0. The van der Waals surface area contributed by atoms with Crippen molar-refractivity contribution >= 4 is 34.2 Å². The molecule has 0 aliphatic carbocycles. The standard InChI is InChI=1S/C22H22N2O3.ClH/c25-16-7-5-15(6-8-16)22(26)14-23-11-12-27-17-9-10-19-18-3-1-2-4-20(18)24-21(19)13-17;/h1-10,13,22-26H,11-12,14H2;1H. The molecule has 1 atom stereocenters. The number of hydrogen-bond donors (Lipinski definition) is 4. The molecule has 4 aromatic rings. The number of aromatic amines is 1. The van der Waals surface area contributed by atoms with E-state index >= 15 is 0 Å². The van der Waals surface area contributed by atoms with Crippen molar-refractivity contribution in [2.45, 2.75) is 6.10 Å². The van der Waals surface area contributed by atoms with Crippen molar-refractivity contribution in [2.24, 2.45) is 0 Å². The summed E-state index contributed by atoms with van der Waals surface area (Å²) in [6.07, 6.45) is -0.617. The van der Waals surface area contributed by atoms with Crippen LogP contribution in [0.2, 0.25) is 0 Å². The highest BCUT2D eigenvalue weighted by Crippen LogP contribution is 2.28. The Bertz CT molecular complexity index is 1050. The molecule has 4 rings (SSSR count). The molecule has 0 spiro atoms. The summed E-state index contributed by atoms with van der Waals surface area (Å²) >= 11 is 0. The molecule has 4 N–H and O–H groups in total. The lowest BCUT2D eigenvalue weighted by Gasteiger charge is -2.13. The molecule has 0 amide bonds. The summed E-state index contributed by atoms with van der Waals surface area (Å²) in [4.78, 5) is 3.41. The van der Waals surface area contributed by atoms with Gasteiger partial charge in [-0.05, 0) is 35.9 Å². The van der Waals surface area contributed by atoms with Crippen molar-refractivity contribution in [1.82, 2.24) is 10.3 Å². The molecule has 28 heavy (non-hydrogen) atoms. The highest BCUT2D eigenvalue weighted by Gasteiger charge is 2.07. The number of para-hydroxylation sites is 1. The fourth-order valence-electron chi connectivity index (χ4n) is 3.22. The highest BCUT2D eigenvalue weighted by atomic mass is 35.5. The summed E-state index contributed by atoms with van der Waals surface area (Å²) in [6.45, 7) is 1.56. The number of hydrogen-bond acceptors (Lipinski definition) is 4. The monoisotopic (exact) mass is 398 g/mol. The van der Waals surface area contributed by atoms with E-state index in [1.807, 2.05) is 24.3 Å². The quantitative estimate of drug-likeness (QED) is 0.353. The van der Waals surface area contributed by atoms with Gasteiger partial charge in [-0.1, -0.05) is 30.3 Å². The first-order valence-corrected chi connectivity index (χ1v) is 9.02. The van der Waals surface area contributed by atoms with E-state index in [1.165, 1.54) is 10.8 Å². The number of aromatic hydroxyl groups is 1. The first kappa shape index (κ1) is 20.0. The van der Waals surface area contributed by atoms with Gasteiger partial charge in [-0.15, -0.1) is 12.4 Å². The van der Waals surface area contributed by atoms with E-state index in [9.17, 15) is 10.2 Å². The van der Waals surface area contributed by atoms with Gasteiger partial charge in [0.2, 0.25) is 0 Å². The predicted molar refractivity (Wildman–Crippen MR) is 114 cm³/mol. The summed E-state index contributed by atoms with van der Waals surface area (Å²) in [6, 6.07) is 20.9. The van der Waals surface area contributed by atoms with Gasteiger partial charge in [-0.25, -0.2) is 0 Å². The van der Waals surface area contributed by atoms with Crippen LogP contribution in [0.5, 0.6) is 11.5 Å². The number of phenolic OH excluding ortho intramolecular Hbond substituents is 1. The van der Waals surface area contributed by atoms with Gasteiger partial charge < -0.3 is 25.3 Å². The van der Waals surface area contributed by atoms with Gasteiger partial charge in [0.15, 0.2) is 0 Å². The van der Waals surface area contributed by atoms with Crippen molar-refractivity contribution in [3.8, 4) is 11.5 Å². The minimum atomic E-state index is -0.617. The van der Waals surface area contributed by atoms with Gasteiger partial charge in [0, 0.05) is 35.4 Å². The van der Waals surface area contributed by atoms with Crippen molar-refractivity contribution in [1.29, 1.82) is 0 Å². The topological polar surface area (TPSA) is 77.5 Å². The van der Waals surface area contributed by atoms with Gasteiger partial charge in [-0.3, -0.25) is 0 Å². The van der Waals surface area contributed by atoms with Gasteiger partial charge >= 0.3 is 0 Å². The molecule has 1 unspecified atom stereocenters. The van der Waals surface area contributed by atoms with Crippen LogP contribution in [0.3, 0.4) is 0 Å². The number of benzene rings is 3. The molecule has 0 aliphatic heterocycles. The maximum Gasteiger partial charge on any atom is 0.121 e. The molecule has 3 aromatic carbocycles. The second kappa shape index (κ2) is 8.97. The Kier molecular flexibility index (Phi) is 6.41. The molecule has 146 valence electrons. The first-order chi connectivity index (χ1) is 13.2. The lowest BCUT2D eigenvalue weighted by atomic mass is 10.1. The molecule has 5 nitrogen and oxygen atoms in total. The number of ether oxygens (including phenoxy) is 1. The number of halogens is 1. The zero-order valence-corrected chi connectivity index (χ0v) is 16.1. The fraction of sp³-hybridized carbons (Fsp3) is 0.182. The number of aliphatic hydroxyl groups is 1. The molecular weight excluding hydrogens is 376 g/mol. The zero-order chi connectivity index (χ0) is 18.6. The molecule has 6 heteroatoms. The third kappa shape index (κ3) is 4.39. The van der Waals surface area contributed by atoms with Crippen LogP contribution < -0.4 is 10.1 Å². The number of aromatic nitrogens is 1. The molecule has 0 fully saturated rings. The van der Waals surface area contributed by atoms with Gasteiger partial charge in [0.25, 0.3) is 0 Å². The smallest absolute Gasteiger partial charge is 0.121 e. The molecule has 0 aliphatic rings. The molecule has 1 aromatic heterocycles. The van der Waals surface area contributed by atoms with Crippen LogP contribution in [0, 0.1) is 0 Å². The Morgan fingerprint density at radius 2 is 1.68 bits per heavy atom. The van der Waals surface area contributed by atoms with Gasteiger partial charge in [-0.2, -0.15) is 0 Å². The van der Waals surface area contributed by atoms with E-state index in [0.29, 0.717) is 19.7 Å². The van der Waals surface area contributed by atoms with E-state index in [4.69, 9.17) is 4.74 Å². The van der Waals surface area contributed by atoms with Crippen molar-refractivity contribution in [3.63, 3.8) is 0 Å². The van der Waals surface area contributed by atoms with E-state index in [-0.39, 0.29) is 18.2 Å². The number of aliphatic hydroxyl groups excluding tert-OH is 1. The SMILES string of the molecule is Cl.Oc1ccc(C(O)CNCCOc2ccc3c(c2)[nH]c2ccccc23)cc1. The van der Waals surface area contributed by atoms with Crippen LogP contribution in [-0.2, 0) is 0 Å². The minimum absolute atomic E-state index is 0. The van der Waals surface area contributed by atoms with Crippen LogP contribution in [-0.4, -0.2) is 34.9 Å². The summed E-state index contributed by atoms with van der Waals surface area (Å²) in [7, 11) is 0. The van der Waals surface area contributed by atoms with Crippen molar-refractivity contribution in [3.05, 3.63) is 72.3 Å². The van der Waals surface area contributed by atoms with Crippen LogP contribution in [0.4, 0.5) is 0 Å². The molecule has 0 saturated heterocycles. The summed E-state index contributed by atoms with van der Waals surface area (Å²) in [5.74, 6) is 1.01. The van der Waals surface area contributed by atoms with E-state index in [0.717, 1.165) is 22.3 Å². The zero-order valence-electron chi connectivity index (χ0n) is 15.3. The maximum absolute atomic E-state index is 10.1. The molecule has 0 bridgehead atoms. The van der Waals surface area contributed by atoms with Crippen molar-refractivity contribution < 1.29 is 14.9 Å². The molecular formula is C22H23ClN2O3. The Morgan fingerprint density at radius 1 is 0.929 bits per heavy atom. The largest absolute Gasteiger partial charge is 0.508 e. The first-order valence-electron chi connectivity index (χ1n) is 9.02. The predicted octanol–water partition coefficient (Wildman–Crippen LogP) is 4.15. The second-order valence-electron chi connectivity index (χ2n) is 6.54. The number of H-pyrrole nitrogens is 1. The van der Waals surface area contributed by atoms with E-state index in [1.54, 1.807) is 24.3 Å². The van der Waals surface area contributed by atoms with Crippen LogP contribution in [0.15, 0.2) is 66.7 Å².